The lowest BCUT2D eigenvalue weighted by Crippen LogP contribution is -1.96. The van der Waals surface area contributed by atoms with E-state index in [9.17, 15) is 9.59 Å². The van der Waals surface area contributed by atoms with Gasteiger partial charge in [-0.15, -0.1) is 0 Å². The highest BCUT2D eigenvalue weighted by molar-refractivity contribution is 5.97. The first-order valence-corrected chi connectivity index (χ1v) is 4.76. The summed E-state index contributed by atoms with van der Waals surface area (Å²) >= 11 is 0. The van der Waals surface area contributed by atoms with Crippen LogP contribution in [0.25, 0.3) is 5.57 Å². The Kier molecular flexibility index (Phi) is 2.59. The number of rotatable bonds is 2. The maximum absolute atomic E-state index is 11.0. The lowest BCUT2D eigenvalue weighted by Gasteiger charge is -2.06. The van der Waals surface area contributed by atoms with Crippen LogP contribution in [0, 0.1) is 0 Å². The number of hydrogen-bond donors (Lipinski definition) is 0. The molecule has 2 rings (SSSR count). The molecule has 0 saturated carbocycles. The van der Waals surface area contributed by atoms with Crippen molar-refractivity contribution >= 4 is 17.6 Å². The van der Waals surface area contributed by atoms with Gasteiger partial charge in [0.1, 0.15) is 6.29 Å². The molecule has 0 amide bonds. The van der Waals surface area contributed by atoms with Crippen molar-refractivity contribution in [2.45, 2.75) is 6.42 Å². The van der Waals surface area contributed by atoms with E-state index in [2.05, 4.69) is 0 Å². The van der Waals surface area contributed by atoms with E-state index >= 15 is 0 Å². The molecule has 0 unspecified atom stereocenters. The van der Waals surface area contributed by atoms with Crippen LogP contribution >= 0.6 is 0 Å². The van der Waals surface area contributed by atoms with Crippen LogP contribution in [0.5, 0.6) is 0 Å². The fourth-order valence-corrected chi connectivity index (χ4v) is 1.50. The Hall–Kier alpha value is -1.96. The molecule has 2 heteroatoms. The second-order valence-electron chi connectivity index (χ2n) is 3.40. The van der Waals surface area contributed by atoms with E-state index in [4.69, 9.17) is 0 Å². The molecule has 1 aromatic carbocycles. The minimum absolute atomic E-state index is 0.128. The first-order valence-electron chi connectivity index (χ1n) is 4.76. The maximum atomic E-state index is 11.0. The summed E-state index contributed by atoms with van der Waals surface area (Å²) in [4.78, 5) is 21.4. The van der Waals surface area contributed by atoms with Crippen molar-refractivity contribution in [2.75, 3.05) is 0 Å². The summed E-state index contributed by atoms with van der Waals surface area (Å²) in [7, 11) is 0. The third-order valence-corrected chi connectivity index (χ3v) is 2.35. The Morgan fingerprint density at radius 3 is 2.33 bits per heavy atom. The number of ketones is 1. The molecule has 15 heavy (non-hydrogen) atoms. The zero-order chi connectivity index (χ0) is 10.7. The van der Waals surface area contributed by atoms with Gasteiger partial charge in [-0.05, 0) is 17.2 Å². The lowest BCUT2D eigenvalue weighted by atomic mass is 9.98. The molecule has 1 aliphatic rings. The van der Waals surface area contributed by atoms with E-state index in [1.165, 1.54) is 0 Å². The van der Waals surface area contributed by atoms with Gasteiger partial charge >= 0.3 is 0 Å². The van der Waals surface area contributed by atoms with Gasteiger partial charge in [-0.25, -0.2) is 0 Å². The van der Waals surface area contributed by atoms with E-state index in [1.807, 2.05) is 24.3 Å². The third kappa shape index (κ3) is 2.10. The predicted octanol–water partition coefficient (Wildman–Crippen LogP) is 2.41. The standard InChI is InChI=1S/C13H10O2/c14-9-10-1-3-11(4-2-10)12-5-7-13(15)8-6-12/h1-7,9H,8H2. The van der Waals surface area contributed by atoms with Crippen LogP contribution in [0.2, 0.25) is 0 Å². The zero-order valence-corrected chi connectivity index (χ0v) is 8.14. The number of carbonyl (C=O) groups is 2. The maximum Gasteiger partial charge on any atom is 0.159 e. The van der Waals surface area contributed by atoms with Crippen LogP contribution in [0.1, 0.15) is 22.3 Å². The van der Waals surface area contributed by atoms with Gasteiger partial charge in [-0.2, -0.15) is 0 Å². The van der Waals surface area contributed by atoms with Crippen molar-refractivity contribution < 1.29 is 9.59 Å². The zero-order valence-electron chi connectivity index (χ0n) is 8.14. The first kappa shape index (κ1) is 9.59. The van der Waals surface area contributed by atoms with E-state index in [0.717, 1.165) is 17.4 Å². The molecule has 1 aliphatic carbocycles. The Labute approximate surface area is 87.9 Å². The Bertz CT molecular complexity index is 450. The van der Waals surface area contributed by atoms with Crippen LogP contribution in [0.3, 0.4) is 0 Å². The summed E-state index contributed by atoms with van der Waals surface area (Å²) in [5, 5.41) is 0. The molecule has 0 saturated heterocycles. The van der Waals surface area contributed by atoms with E-state index in [0.29, 0.717) is 12.0 Å². The normalized spacial score (nSPS) is 14.9. The van der Waals surface area contributed by atoms with E-state index in [1.54, 1.807) is 18.2 Å². The van der Waals surface area contributed by atoms with Gasteiger partial charge in [0.2, 0.25) is 0 Å². The van der Waals surface area contributed by atoms with Gasteiger partial charge in [0.25, 0.3) is 0 Å². The van der Waals surface area contributed by atoms with Crippen LogP contribution in [-0.4, -0.2) is 12.1 Å². The SMILES string of the molecule is O=Cc1ccc(C2=CCC(=O)C=C2)cc1. The molecule has 0 aliphatic heterocycles. The number of hydrogen-bond acceptors (Lipinski definition) is 2. The topological polar surface area (TPSA) is 34.1 Å². The fourth-order valence-electron chi connectivity index (χ4n) is 1.50. The van der Waals surface area contributed by atoms with Crippen molar-refractivity contribution in [2.24, 2.45) is 0 Å². The molecule has 74 valence electrons. The number of allylic oxidation sites excluding steroid dienone is 4. The summed E-state index contributed by atoms with van der Waals surface area (Å²) in [5.41, 5.74) is 2.73. The third-order valence-electron chi connectivity index (χ3n) is 2.35. The largest absolute Gasteiger partial charge is 0.298 e. The van der Waals surface area contributed by atoms with Gasteiger partial charge in [-0.1, -0.05) is 36.4 Å². The molecule has 0 heterocycles. The van der Waals surface area contributed by atoms with Crippen LogP contribution in [-0.2, 0) is 4.79 Å². The molecule has 0 fully saturated rings. The smallest absolute Gasteiger partial charge is 0.159 e. The summed E-state index contributed by atoms with van der Waals surface area (Å²) in [5.74, 6) is 0.128. The van der Waals surface area contributed by atoms with Crippen molar-refractivity contribution in [1.82, 2.24) is 0 Å². The highest BCUT2D eigenvalue weighted by atomic mass is 16.1. The summed E-state index contributed by atoms with van der Waals surface area (Å²) in [6.07, 6.45) is 6.57. The molecule has 0 atom stereocenters. The Morgan fingerprint density at radius 1 is 1.07 bits per heavy atom. The molecule has 0 N–H and O–H groups in total. The molecule has 0 spiro atoms. The Balaban J connectivity index is 2.27. The minimum Gasteiger partial charge on any atom is -0.298 e. The predicted molar refractivity (Wildman–Crippen MR) is 58.6 cm³/mol. The van der Waals surface area contributed by atoms with E-state index < -0.39 is 0 Å². The van der Waals surface area contributed by atoms with Crippen molar-refractivity contribution in [3.8, 4) is 0 Å². The summed E-state index contributed by atoms with van der Waals surface area (Å²) in [6, 6.07) is 7.31. The molecular formula is C13H10O2. The first-order chi connectivity index (χ1) is 7.29. The molecule has 1 aromatic rings. The van der Waals surface area contributed by atoms with Crippen molar-refractivity contribution in [1.29, 1.82) is 0 Å². The monoisotopic (exact) mass is 198 g/mol. The summed E-state index contributed by atoms with van der Waals surface area (Å²) in [6.45, 7) is 0. The second kappa shape index (κ2) is 4.05. The highest BCUT2D eigenvalue weighted by Gasteiger charge is 2.05. The summed E-state index contributed by atoms with van der Waals surface area (Å²) < 4.78 is 0. The quantitative estimate of drug-likeness (QED) is 0.684. The van der Waals surface area contributed by atoms with Gasteiger partial charge in [0.15, 0.2) is 5.78 Å². The van der Waals surface area contributed by atoms with Crippen LogP contribution < -0.4 is 0 Å². The molecule has 0 bridgehead atoms. The lowest BCUT2D eigenvalue weighted by molar-refractivity contribution is -0.113. The van der Waals surface area contributed by atoms with Crippen molar-refractivity contribution in [3.05, 3.63) is 53.6 Å². The molecule has 2 nitrogen and oxygen atoms in total. The van der Waals surface area contributed by atoms with Crippen molar-refractivity contribution in [3.63, 3.8) is 0 Å². The van der Waals surface area contributed by atoms with Crippen LogP contribution in [0.4, 0.5) is 0 Å². The molecule has 0 radical (unpaired) electrons. The fraction of sp³-hybridized carbons (Fsp3) is 0.0769. The molecular weight excluding hydrogens is 188 g/mol. The average molecular weight is 198 g/mol. The second-order valence-corrected chi connectivity index (χ2v) is 3.40. The van der Waals surface area contributed by atoms with Gasteiger partial charge in [-0.3, -0.25) is 9.59 Å². The average Bonchev–Trinajstić information content (AvgIpc) is 2.30. The number of benzene rings is 1. The number of aldehydes is 1. The van der Waals surface area contributed by atoms with Crippen LogP contribution in [0.15, 0.2) is 42.5 Å². The minimum atomic E-state index is 0.128. The van der Waals surface area contributed by atoms with Gasteiger partial charge in [0.05, 0.1) is 0 Å². The van der Waals surface area contributed by atoms with E-state index in [-0.39, 0.29) is 5.78 Å². The van der Waals surface area contributed by atoms with Gasteiger partial charge < -0.3 is 0 Å². The van der Waals surface area contributed by atoms with Gasteiger partial charge in [0, 0.05) is 12.0 Å². The highest BCUT2D eigenvalue weighted by Crippen LogP contribution is 2.20. The Morgan fingerprint density at radius 2 is 1.80 bits per heavy atom. The molecule has 0 aromatic heterocycles. The number of carbonyl (C=O) groups excluding carboxylic acids is 2.